The molecule has 0 saturated carbocycles. The highest BCUT2D eigenvalue weighted by molar-refractivity contribution is 5.77. The van der Waals surface area contributed by atoms with Crippen LogP contribution in [-0.2, 0) is 0 Å². The van der Waals surface area contributed by atoms with Crippen molar-refractivity contribution in [2.45, 2.75) is 19.9 Å². The van der Waals surface area contributed by atoms with E-state index in [1.54, 1.807) is 7.05 Å². The number of hydrogen-bond acceptors (Lipinski definition) is 1. The van der Waals surface area contributed by atoms with Crippen molar-refractivity contribution in [1.82, 2.24) is 5.32 Å². The lowest BCUT2D eigenvalue weighted by atomic mass is 10.4. The first-order valence-corrected chi connectivity index (χ1v) is 2.65. The van der Waals surface area contributed by atoms with E-state index in [1.807, 2.05) is 13.8 Å². The minimum absolute atomic E-state index is 0.374. The van der Waals surface area contributed by atoms with E-state index < -0.39 is 0 Å². The van der Waals surface area contributed by atoms with Crippen LogP contribution in [0.1, 0.15) is 13.8 Å². The van der Waals surface area contributed by atoms with Crippen molar-refractivity contribution in [3.05, 3.63) is 0 Å². The van der Waals surface area contributed by atoms with Gasteiger partial charge in [0.1, 0.15) is 0 Å². The minimum atomic E-state index is 0.374. The first kappa shape index (κ1) is 7.27. The zero-order valence-electron chi connectivity index (χ0n) is 5.60. The van der Waals surface area contributed by atoms with Crippen molar-refractivity contribution in [3.63, 3.8) is 0 Å². The van der Waals surface area contributed by atoms with Gasteiger partial charge in [-0.15, -0.1) is 0 Å². The van der Waals surface area contributed by atoms with E-state index in [1.165, 1.54) is 0 Å². The third-order valence-electron chi connectivity index (χ3n) is 0.677. The Balaban J connectivity index is 3.39. The van der Waals surface area contributed by atoms with Crippen molar-refractivity contribution in [1.29, 1.82) is 0 Å². The van der Waals surface area contributed by atoms with E-state index in [2.05, 4.69) is 10.3 Å². The van der Waals surface area contributed by atoms with Crippen molar-refractivity contribution >= 4 is 5.96 Å². The molecule has 0 aliphatic rings. The number of aliphatic imine (C=N–C) groups is 1. The number of nitrogens with two attached hydrogens (primary N) is 1. The highest BCUT2D eigenvalue weighted by Crippen LogP contribution is 1.72. The van der Waals surface area contributed by atoms with Crippen LogP contribution in [0.25, 0.3) is 0 Å². The molecule has 0 spiro atoms. The average Bonchev–Trinajstić information content (AvgIpc) is 1.65. The van der Waals surface area contributed by atoms with Gasteiger partial charge in [0.25, 0.3) is 0 Å². The second kappa shape index (κ2) is 3.29. The summed E-state index contributed by atoms with van der Waals surface area (Å²) in [7, 11) is 1.66. The van der Waals surface area contributed by atoms with Crippen LogP contribution in [0.5, 0.6) is 0 Å². The molecule has 3 N–H and O–H groups in total. The van der Waals surface area contributed by atoms with E-state index in [9.17, 15) is 0 Å². The van der Waals surface area contributed by atoms with E-state index in [4.69, 9.17) is 5.73 Å². The van der Waals surface area contributed by atoms with Crippen LogP contribution in [0.3, 0.4) is 0 Å². The maximum Gasteiger partial charge on any atom is 0.188 e. The second-order valence-electron chi connectivity index (χ2n) is 1.91. The van der Waals surface area contributed by atoms with Crippen molar-refractivity contribution < 1.29 is 0 Å². The standard InChI is InChI=1S/C5H13N3/c1-4(2)8-5(6)7-3/h4H,1-3H3,(H3,6,7,8). The van der Waals surface area contributed by atoms with Gasteiger partial charge < -0.3 is 11.1 Å². The van der Waals surface area contributed by atoms with Crippen LogP contribution in [0.4, 0.5) is 0 Å². The molecule has 0 amide bonds. The van der Waals surface area contributed by atoms with Crippen LogP contribution >= 0.6 is 0 Å². The largest absolute Gasteiger partial charge is 0.370 e. The van der Waals surface area contributed by atoms with Gasteiger partial charge in [0.15, 0.2) is 5.96 Å². The summed E-state index contributed by atoms with van der Waals surface area (Å²) in [5, 5.41) is 2.92. The lowest BCUT2D eigenvalue weighted by Crippen LogP contribution is -2.36. The summed E-state index contributed by atoms with van der Waals surface area (Å²) >= 11 is 0. The molecule has 3 heteroatoms. The fourth-order valence-corrected chi connectivity index (χ4v) is 0.360. The quantitative estimate of drug-likeness (QED) is 0.371. The smallest absolute Gasteiger partial charge is 0.188 e. The first-order valence-electron chi connectivity index (χ1n) is 2.65. The molecule has 0 unspecified atom stereocenters. The summed E-state index contributed by atoms with van der Waals surface area (Å²) in [5.74, 6) is 0.500. The topological polar surface area (TPSA) is 50.4 Å². The summed E-state index contributed by atoms with van der Waals surface area (Å²) < 4.78 is 0. The molecule has 0 saturated heterocycles. The molecule has 0 radical (unpaired) electrons. The minimum Gasteiger partial charge on any atom is -0.370 e. The van der Waals surface area contributed by atoms with Crippen LogP contribution in [0.15, 0.2) is 4.99 Å². The molecule has 48 valence electrons. The molecule has 0 bridgehead atoms. The van der Waals surface area contributed by atoms with E-state index in [-0.39, 0.29) is 0 Å². The van der Waals surface area contributed by atoms with E-state index >= 15 is 0 Å². The summed E-state index contributed by atoms with van der Waals surface area (Å²) in [6, 6.07) is 0.374. The van der Waals surface area contributed by atoms with Gasteiger partial charge in [-0.3, -0.25) is 4.99 Å². The Labute approximate surface area is 50.0 Å². The zero-order valence-corrected chi connectivity index (χ0v) is 5.60. The fraction of sp³-hybridized carbons (Fsp3) is 0.800. The molecule has 0 aromatic heterocycles. The Morgan fingerprint density at radius 1 is 1.62 bits per heavy atom. The second-order valence-corrected chi connectivity index (χ2v) is 1.91. The number of guanidine groups is 1. The van der Waals surface area contributed by atoms with Crippen LogP contribution < -0.4 is 11.1 Å². The third-order valence-corrected chi connectivity index (χ3v) is 0.677. The van der Waals surface area contributed by atoms with Gasteiger partial charge in [0, 0.05) is 13.1 Å². The fourth-order valence-electron chi connectivity index (χ4n) is 0.360. The predicted octanol–water partition coefficient (Wildman–Crippen LogP) is -0.0711. The Hall–Kier alpha value is -0.730. The zero-order chi connectivity index (χ0) is 6.57. The molecule has 0 heterocycles. The molecular weight excluding hydrogens is 102 g/mol. The lowest BCUT2D eigenvalue weighted by molar-refractivity contribution is 0.727. The van der Waals surface area contributed by atoms with Gasteiger partial charge in [0.05, 0.1) is 0 Å². The highest BCUT2D eigenvalue weighted by atomic mass is 15.1. The molecule has 0 aliphatic heterocycles. The van der Waals surface area contributed by atoms with Gasteiger partial charge in [-0.25, -0.2) is 0 Å². The number of rotatable bonds is 1. The molecule has 3 nitrogen and oxygen atoms in total. The monoisotopic (exact) mass is 115 g/mol. The van der Waals surface area contributed by atoms with Crippen molar-refractivity contribution in [2.75, 3.05) is 7.05 Å². The van der Waals surface area contributed by atoms with E-state index in [0.29, 0.717) is 12.0 Å². The lowest BCUT2D eigenvalue weighted by Gasteiger charge is -2.06. The average molecular weight is 115 g/mol. The molecule has 0 aromatic carbocycles. The van der Waals surface area contributed by atoms with Gasteiger partial charge in [-0.05, 0) is 13.8 Å². The molecular formula is C5H13N3. The number of nitrogens with one attached hydrogen (secondary N) is 1. The summed E-state index contributed by atoms with van der Waals surface area (Å²) in [4.78, 5) is 3.71. The summed E-state index contributed by atoms with van der Waals surface area (Å²) in [5.41, 5.74) is 5.31. The van der Waals surface area contributed by atoms with Gasteiger partial charge in [-0.2, -0.15) is 0 Å². The van der Waals surface area contributed by atoms with Gasteiger partial charge in [-0.1, -0.05) is 0 Å². The SMILES string of the molecule is CN=C(N)NC(C)C. The third kappa shape index (κ3) is 3.46. The van der Waals surface area contributed by atoms with Crippen molar-refractivity contribution in [2.24, 2.45) is 10.7 Å². The highest BCUT2D eigenvalue weighted by Gasteiger charge is 1.90. The maximum atomic E-state index is 5.31. The first-order chi connectivity index (χ1) is 3.66. The van der Waals surface area contributed by atoms with Crippen LogP contribution in [-0.4, -0.2) is 19.0 Å². The van der Waals surface area contributed by atoms with E-state index in [0.717, 1.165) is 0 Å². The van der Waals surface area contributed by atoms with Gasteiger partial charge >= 0.3 is 0 Å². The summed E-state index contributed by atoms with van der Waals surface area (Å²) in [6.45, 7) is 4.02. The molecule has 0 fully saturated rings. The Kier molecular flexibility index (Phi) is 2.99. The molecule has 0 aromatic rings. The molecule has 8 heavy (non-hydrogen) atoms. The van der Waals surface area contributed by atoms with Crippen molar-refractivity contribution in [3.8, 4) is 0 Å². The van der Waals surface area contributed by atoms with Crippen LogP contribution in [0.2, 0.25) is 0 Å². The number of hydrogen-bond donors (Lipinski definition) is 2. The Morgan fingerprint density at radius 3 is 2.25 bits per heavy atom. The molecule has 0 aliphatic carbocycles. The number of nitrogens with zero attached hydrogens (tertiary/aromatic N) is 1. The summed E-state index contributed by atoms with van der Waals surface area (Å²) in [6.07, 6.45) is 0. The Bertz CT molecular complexity index is 85.7. The molecule has 0 rings (SSSR count). The van der Waals surface area contributed by atoms with Crippen LogP contribution in [0, 0.1) is 0 Å². The normalized spacial score (nSPS) is 12.2. The predicted molar refractivity (Wildman–Crippen MR) is 35.8 cm³/mol. The Morgan fingerprint density at radius 2 is 2.12 bits per heavy atom. The maximum absolute atomic E-state index is 5.31. The molecule has 0 atom stereocenters. The van der Waals surface area contributed by atoms with Gasteiger partial charge in [0.2, 0.25) is 0 Å².